The van der Waals surface area contributed by atoms with E-state index in [4.69, 9.17) is 4.98 Å². The molecule has 1 amide bonds. The number of hydrogen-bond acceptors (Lipinski definition) is 6. The Morgan fingerprint density at radius 3 is 2.72 bits per heavy atom. The SMILES string of the molecule is Cc1cc(Nc2ncc(C)s2)cc(C2CCCN2CC(=O)N2CCC(C)CC2)n1. The molecule has 6 nitrogen and oxygen atoms in total. The first-order chi connectivity index (χ1) is 14.0. The Morgan fingerprint density at radius 1 is 1.21 bits per heavy atom. The Labute approximate surface area is 177 Å². The minimum atomic E-state index is 0.209. The van der Waals surface area contributed by atoms with E-state index < -0.39 is 0 Å². The maximum absolute atomic E-state index is 12.9. The summed E-state index contributed by atoms with van der Waals surface area (Å²) >= 11 is 1.65. The molecule has 4 heterocycles. The summed E-state index contributed by atoms with van der Waals surface area (Å²) < 4.78 is 0. The molecular weight excluding hydrogens is 382 g/mol. The quantitative estimate of drug-likeness (QED) is 0.792. The summed E-state index contributed by atoms with van der Waals surface area (Å²) in [5, 5.41) is 4.31. The fraction of sp³-hybridized carbons (Fsp3) is 0.591. The van der Waals surface area contributed by atoms with Crippen LogP contribution in [0.3, 0.4) is 0 Å². The molecule has 0 aliphatic carbocycles. The van der Waals surface area contributed by atoms with E-state index in [0.29, 0.717) is 6.54 Å². The predicted octanol–water partition coefficient (Wildman–Crippen LogP) is 4.29. The van der Waals surface area contributed by atoms with Crippen molar-refractivity contribution in [2.75, 3.05) is 31.5 Å². The molecule has 0 spiro atoms. The van der Waals surface area contributed by atoms with Crippen LogP contribution in [0.5, 0.6) is 0 Å². The summed E-state index contributed by atoms with van der Waals surface area (Å²) in [7, 11) is 0. The molecule has 2 saturated heterocycles. The monoisotopic (exact) mass is 413 g/mol. The number of piperidine rings is 1. The Hall–Kier alpha value is -1.99. The van der Waals surface area contributed by atoms with Crippen molar-refractivity contribution >= 4 is 28.1 Å². The van der Waals surface area contributed by atoms with Crippen LogP contribution in [0.2, 0.25) is 0 Å². The van der Waals surface area contributed by atoms with E-state index in [0.717, 1.165) is 73.4 Å². The molecule has 2 aromatic rings. The molecule has 2 fully saturated rings. The zero-order valence-electron chi connectivity index (χ0n) is 17.6. The van der Waals surface area contributed by atoms with Crippen molar-refractivity contribution in [2.45, 2.75) is 52.5 Å². The van der Waals surface area contributed by atoms with E-state index in [1.165, 1.54) is 4.88 Å². The second kappa shape index (κ2) is 8.79. The highest BCUT2D eigenvalue weighted by Gasteiger charge is 2.31. The van der Waals surface area contributed by atoms with Gasteiger partial charge in [0.2, 0.25) is 5.91 Å². The van der Waals surface area contributed by atoms with Crippen LogP contribution in [-0.2, 0) is 4.79 Å². The number of aromatic nitrogens is 2. The summed E-state index contributed by atoms with van der Waals surface area (Å²) in [5.41, 5.74) is 3.06. The minimum Gasteiger partial charge on any atom is -0.342 e. The number of nitrogens with one attached hydrogen (secondary N) is 1. The van der Waals surface area contributed by atoms with Gasteiger partial charge in [-0.05, 0) is 64.1 Å². The summed E-state index contributed by atoms with van der Waals surface area (Å²) in [6, 6.07) is 4.39. The number of likely N-dealkylation sites (tertiary alicyclic amines) is 2. The van der Waals surface area contributed by atoms with Gasteiger partial charge in [-0.15, -0.1) is 11.3 Å². The number of hydrogen-bond donors (Lipinski definition) is 1. The lowest BCUT2D eigenvalue weighted by molar-refractivity contribution is -0.134. The number of carbonyl (C=O) groups excluding carboxylic acids is 1. The number of thiazole rings is 1. The van der Waals surface area contributed by atoms with E-state index in [9.17, 15) is 4.79 Å². The fourth-order valence-electron chi connectivity index (χ4n) is 4.36. The first-order valence-corrected chi connectivity index (χ1v) is 11.5. The summed E-state index contributed by atoms with van der Waals surface area (Å²) in [6.07, 6.45) is 6.29. The number of anilines is 2. The highest BCUT2D eigenvalue weighted by atomic mass is 32.1. The van der Waals surface area contributed by atoms with Crippen molar-refractivity contribution in [1.82, 2.24) is 19.8 Å². The summed E-state index contributed by atoms with van der Waals surface area (Å²) in [5.74, 6) is 1.01. The van der Waals surface area contributed by atoms with Crippen LogP contribution in [0.15, 0.2) is 18.3 Å². The second-order valence-corrected chi connectivity index (χ2v) is 9.75. The van der Waals surface area contributed by atoms with Crippen molar-refractivity contribution in [2.24, 2.45) is 5.92 Å². The molecular formula is C22H31N5OS. The van der Waals surface area contributed by atoms with Gasteiger partial charge >= 0.3 is 0 Å². The van der Waals surface area contributed by atoms with Gasteiger partial charge in [0.05, 0.1) is 18.3 Å². The Morgan fingerprint density at radius 2 is 2.00 bits per heavy atom. The Kier molecular flexibility index (Phi) is 6.15. The van der Waals surface area contributed by atoms with Crippen LogP contribution in [0.25, 0.3) is 0 Å². The van der Waals surface area contributed by atoms with E-state index in [1.54, 1.807) is 11.3 Å². The molecule has 0 aromatic carbocycles. The van der Waals surface area contributed by atoms with Crippen molar-refractivity contribution in [3.63, 3.8) is 0 Å². The maximum Gasteiger partial charge on any atom is 0.236 e. The normalized spacial score (nSPS) is 20.9. The lowest BCUT2D eigenvalue weighted by Gasteiger charge is -2.33. The number of carbonyl (C=O) groups is 1. The smallest absolute Gasteiger partial charge is 0.236 e. The van der Waals surface area contributed by atoms with Crippen LogP contribution >= 0.6 is 11.3 Å². The first-order valence-electron chi connectivity index (χ1n) is 10.7. The molecule has 1 N–H and O–H groups in total. The third kappa shape index (κ3) is 4.95. The van der Waals surface area contributed by atoms with Gasteiger partial charge in [-0.25, -0.2) is 4.98 Å². The molecule has 156 valence electrons. The van der Waals surface area contributed by atoms with Crippen molar-refractivity contribution in [3.05, 3.63) is 34.6 Å². The molecule has 2 aromatic heterocycles. The van der Waals surface area contributed by atoms with E-state index >= 15 is 0 Å². The van der Waals surface area contributed by atoms with Gasteiger partial charge in [0.1, 0.15) is 0 Å². The Balaban J connectivity index is 1.45. The first kappa shape index (κ1) is 20.3. The van der Waals surface area contributed by atoms with Gasteiger partial charge in [0, 0.05) is 35.5 Å². The molecule has 7 heteroatoms. The van der Waals surface area contributed by atoms with Crippen LogP contribution in [0.1, 0.15) is 54.9 Å². The molecule has 2 aliphatic heterocycles. The molecule has 0 bridgehead atoms. The van der Waals surface area contributed by atoms with Gasteiger partial charge < -0.3 is 10.2 Å². The highest BCUT2D eigenvalue weighted by Crippen LogP contribution is 2.33. The predicted molar refractivity (Wildman–Crippen MR) is 118 cm³/mol. The number of aryl methyl sites for hydroxylation is 2. The number of nitrogens with zero attached hydrogens (tertiary/aromatic N) is 4. The van der Waals surface area contributed by atoms with Crippen LogP contribution in [-0.4, -0.2) is 51.9 Å². The van der Waals surface area contributed by atoms with Gasteiger partial charge in [-0.3, -0.25) is 14.7 Å². The molecule has 1 unspecified atom stereocenters. The largest absolute Gasteiger partial charge is 0.342 e. The highest BCUT2D eigenvalue weighted by molar-refractivity contribution is 7.15. The molecule has 0 saturated carbocycles. The minimum absolute atomic E-state index is 0.209. The second-order valence-electron chi connectivity index (χ2n) is 8.51. The van der Waals surface area contributed by atoms with Crippen LogP contribution in [0, 0.1) is 19.8 Å². The standard InChI is InChI=1S/C22H31N5OS/c1-15-6-9-26(10-7-15)21(28)14-27-8-4-5-20(27)19-12-18(11-16(2)24-19)25-22-23-13-17(3)29-22/h11-13,15,20H,4-10,14H2,1-3H3,(H,23,24,25). The lowest BCUT2D eigenvalue weighted by Crippen LogP contribution is -2.43. The lowest BCUT2D eigenvalue weighted by atomic mass is 9.99. The zero-order chi connectivity index (χ0) is 20.4. The third-order valence-corrected chi connectivity index (χ3v) is 6.85. The third-order valence-electron chi connectivity index (χ3n) is 6.03. The zero-order valence-corrected chi connectivity index (χ0v) is 18.5. The van der Waals surface area contributed by atoms with Crippen molar-refractivity contribution in [1.29, 1.82) is 0 Å². The van der Waals surface area contributed by atoms with Crippen LogP contribution < -0.4 is 5.32 Å². The van der Waals surface area contributed by atoms with Gasteiger partial charge in [-0.1, -0.05) is 6.92 Å². The molecule has 4 rings (SSSR count). The Bertz CT molecular complexity index is 859. The number of rotatable bonds is 5. The van der Waals surface area contributed by atoms with Crippen molar-refractivity contribution in [3.8, 4) is 0 Å². The molecule has 1 atom stereocenters. The summed E-state index contributed by atoms with van der Waals surface area (Å²) in [4.78, 5) is 27.6. The van der Waals surface area contributed by atoms with Crippen LogP contribution in [0.4, 0.5) is 10.8 Å². The fourth-order valence-corrected chi connectivity index (χ4v) is 5.04. The number of amides is 1. The van der Waals surface area contributed by atoms with Gasteiger partial charge in [0.25, 0.3) is 0 Å². The average Bonchev–Trinajstić information content (AvgIpc) is 3.30. The molecule has 0 radical (unpaired) electrons. The van der Waals surface area contributed by atoms with E-state index in [1.807, 2.05) is 13.1 Å². The topological polar surface area (TPSA) is 61.4 Å². The van der Waals surface area contributed by atoms with Gasteiger partial charge in [-0.2, -0.15) is 0 Å². The van der Waals surface area contributed by atoms with E-state index in [-0.39, 0.29) is 11.9 Å². The van der Waals surface area contributed by atoms with Crippen molar-refractivity contribution < 1.29 is 4.79 Å². The average molecular weight is 414 g/mol. The molecule has 2 aliphatic rings. The summed E-state index contributed by atoms with van der Waals surface area (Å²) in [6.45, 7) is 9.64. The maximum atomic E-state index is 12.9. The molecule has 29 heavy (non-hydrogen) atoms. The number of pyridine rings is 1. The van der Waals surface area contributed by atoms with Gasteiger partial charge in [0.15, 0.2) is 5.13 Å². The van der Waals surface area contributed by atoms with E-state index in [2.05, 4.69) is 46.1 Å².